The quantitative estimate of drug-likeness (QED) is 0.911. The minimum atomic E-state index is -0.256. The van der Waals surface area contributed by atoms with Gasteiger partial charge in [-0.2, -0.15) is 0 Å². The van der Waals surface area contributed by atoms with Crippen LogP contribution in [0.2, 0.25) is 0 Å². The zero-order valence-electron chi connectivity index (χ0n) is 11.5. The van der Waals surface area contributed by atoms with Gasteiger partial charge >= 0.3 is 0 Å². The van der Waals surface area contributed by atoms with Gasteiger partial charge in [0.2, 0.25) is 0 Å². The molecule has 0 atom stereocenters. The minimum Gasteiger partial charge on any atom is -0.373 e. The van der Waals surface area contributed by atoms with Crippen LogP contribution in [0, 0.1) is 12.7 Å². The highest BCUT2D eigenvalue weighted by Gasteiger charge is 2.14. The van der Waals surface area contributed by atoms with Crippen molar-refractivity contribution in [1.29, 1.82) is 0 Å². The van der Waals surface area contributed by atoms with Crippen LogP contribution in [0.4, 0.5) is 10.2 Å². The van der Waals surface area contributed by atoms with Gasteiger partial charge in [0.15, 0.2) is 0 Å². The Kier molecular flexibility index (Phi) is 4.10. The average molecular weight is 259 g/mol. The Balaban J connectivity index is 2.61. The number of nitrogens with zero attached hydrogens (tertiary/aromatic N) is 2. The molecule has 2 aromatic rings. The maximum absolute atomic E-state index is 13.9. The molecule has 0 bridgehead atoms. The molecule has 2 rings (SSSR count). The molecule has 0 amide bonds. The molecular formula is C15H18FN3. The Morgan fingerprint density at radius 3 is 2.58 bits per heavy atom. The van der Waals surface area contributed by atoms with Gasteiger partial charge in [-0.3, -0.25) is 0 Å². The standard InChI is InChI=1S/C15H18FN3/c1-4-7-13-18-14(10(2)15(17-3)19-13)11-8-5-6-9-12(11)16/h5-6,8-9H,4,7H2,1-3H3,(H,17,18,19). The van der Waals surface area contributed by atoms with Crippen molar-refractivity contribution in [3.63, 3.8) is 0 Å². The third kappa shape index (κ3) is 2.72. The summed E-state index contributed by atoms with van der Waals surface area (Å²) < 4.78 is 13.9. The Bertz CT molecular complexity index is 582. The normalized spacial score (nSPS) is 10.5. The highest BCUT2D eigenvalue weighted by molar-refractivity contribution is 5.68. The monoisotopic (exact) mass is 259 g/mol. The highest BCUT2D eigenvalue weighted by Crippen LogP contribution is 2.27. The van der Waals surface area contributed by atoms with Gasteiger partial charge in [0.1, 0.15) is 17.5 Å². The predicted octanol–water partition coefficient (Wildman–Crippen LogP) is 3.59. The molecule has 19 heavy (non-hydrogen) atoms. The van der Waals surface area contributed by atoms with Crippen LogP contribution in [0.5, 0.6) is 0 Å². The Labute approximate surface area is 112 Å². The number of hydrogen-bond acceptors (Lipinski definition) is 3. The molecule has 1 aromatic heterocycles. The van der Waals surface area contributed by atoms with Crippen molar-refractivity contribution in [3.05, 3.63) is 41.5 Å². The van der Waals surface area contributed by atoms with Crippen LogP contribution >= 0.6 is 0 Å². The zero-order valence-corrected chi connectivity index (χ0v) is 11.5. The largest absolute Gasteiger partial charge is 0.373 e. The van der Waals surface area contributed by atoms with E-state index in [0.29, 0.717) is 11.3 Å². The van der Waals surface area contributed by atoms with Crippen molar-refractivity contribution in [2.24, 2.45) is 0 Å². The van der Waals surface area contributed by atoms with Crippen molar-refractivity contribution in [3.8, 4) is 11.3 Å². The predicted molar refractivity (Wildman–Crippen MR) is 75.7 cm³/mol. The van der Waals surface area contributed by atoms with Gasteiger partial charge in [0, 0.05) is 24.6 Å². The summed E-state index contributed by atoms with van der Waals surface area (Å²) in [5, 5.41) is 3.05. The summed E-state index contributed by atoms with van der Waals surface area (Å²) in [7, 11) is 1.82. The molecule has 100 valence electrons. The van der Waals surface area contributed by atoms with Crippen molar-refractivity contribution < 1.29 is 4.39 Å². The van der Waals surface area contributed by atoms with E-state index in [1.165, 1.54) is 6.07 Å². The first-order chi connectivity index (χ1) is 9.17. The number of benzene rings is 1. The lowest BCUT2D eigenvalue weighted by atomic mass is 10.1. The lowest BCUT2D eigenvalue weighted by Gasteiger charge is -2.12. The number of aryl methyl sites for hydroxylation is 1. The summed E-state index contributed by atoms with van der Waals surface area (Å²) in [5.41, 5.74) is 2.06. The van der Waals surface area contributed by atoms with E-state index in [9.17, 15) is 4.39 Å². The first-order valence-corrected chi connectivity index (χ1v) is 6.47. The van der Waals surface area contributed by atoms with Crippen LogP contribution in [-0.2, 0) is 6.42 Å². The summed E-state index contributed by atoms with van der Waals surface area (Å²) in [5.74, 6) is 1.25. The lowest BCUT2D eigenvalue weighted by Crippen LogP contribution is -2.05. The topological polar surface area (TPSA) is 37.8 Å². The molecule has 0 fully saturated rings. The summed E-state index contributed by atoms with van der Waals surface area (Å²) in [4.78, 5) is 8.96. The fraction of sp³-hybridized carbons (Fsp3) is 0.333. The van der Waals surface area contributed by atoms with Crippen LogP contribution in [0.1, 0.15) is 24.7 Å². The van der Waals surface area contributed by atoms with E-state index in [0.717, 1.165) is 30.0 Å². The van der Waals surface area contributed by atoms with Crippen molar-refractivity contribution in [2.75, 3.05) is 12.4 Å². The van der Waals surface area contributed by atoms with Crippen LogP contribution in [0.15, 0.2) is 24.3 Å². The molecule has 0 aliphatic heterocycles. The average Bonchev–Trinajstić information content (AvgIpc) is 2.42. The van der Waals surface area contributed by atoms with E-state index < -0.39 is 0 Å². The van der Waals surface area contributed by atoms with Crippen molar-refractivity contribution >= 4 is 5.82 Å². The van der Waals surface area contributed by atoms with E-state index in [4.69, 9.17) is 0 Å². The minimum absolute atomic E-state index is 0.256. The maximum atomic E-state index is 13.9. The third-order valence-corrected chi connectivity index (χ3v) is 3.03. The number of anilines is 1. The first kappa shape index (κ1) is 13.5. The number of nitrogens with one attached hydrogen (secondary N) is 1. The van der Waals surface area contributed by atoms with Gasteiger partial charge in [-0.1, -0.05) is 19.1 Å². The fourth-order valence-corrected chi connectivity index (χ4v) is 2.06. The van der Waals surface area contributed by atoms with Crippen LogP contribution in [-0.4, -0.2) is 17.0 Å². The molecule has 1 N–H and O–H groups in total. The van der Waals surface area contributed by atoms with E-state index in [2.05, 4.69) is 22.2 Å². The van der Waals surface area contributed by atoms with Gasteiger partial charge in [-0.05, 0) is 25.5 Å². The lowest BCUT2D eigenvalue weighted by molar-refractivity contribution is 0.630. The fourth-order valence-electron chi connectivity index (χ4n) is 2.06. The number of rotatable bonds is 4. The molecule has 0 aliphatic carbocycles. The van der Waals surface area contributed by atoms with E-state index in [-0.39, 0.29) is 5.82 Å². The number of aromatic nitrogens is 2. The SMILES string of the molecule is CCCc1nc(NC)c(C)c(-c2ccccc2F)n1. The smallest absolute Gasteiger partial charge is 0.133 e. The maximum Gasteiger partial charge on any atom is 0.133 e. The Morgan fingerprint density at radius 1 is 1.21 bits per heavy atom. The molecule has 0 unspecified atom stereocenters. The second-order valence-electron chi connectivity index (χ2n) is 4.44. The molecule has 3 nitrogen and oxygen atoms in total. The van der Waals surface area contributed by atoms with Crippen LogP contribution < -0.4 is 5.32 Å². The van der Waals surface area contributed by atoms with Gasteiger partial charge in [0.05, 0.1) is 5.69 Å². The zero-order chi connectivity index (χ0) is 13.8. The van der Waals surface area contributed by atoms with E-state index >= 15 is 0 Å². The Morgan fingerprint density at radius 2 is 1.95 bits per heavy atom. The second-order valence-corrected chi connectivity index (χ2v) is 4.44. The summed E-state index contributed by atoms with van der Waals surface area (Å²) in [6, 6.07) is 6.70. The third-order valence-electron chi connectivity index (χ3n) is 3.03. The molecule has 0 aliphatic rings. The molecule has 0 spiro atoms. The molecule has 1 aromatic carbocycles. The first-order valence-electron chi connectivity index (χ1n) is 6.47. The summed E-state index contributed by atoms with van der Waals surface area (Å²) in [6.45, 7) is 3.98. The van der Waals surface area contributed by atoms with Gasteiger partial charge in [-0.25, -0.2) is 14.4 Å². The molecule has 1 heterocycles. The van der Waals surface area contributed by atoms with Crippen molar-refractivity contribution in [1.82, 2.24) is 9.97 Å². The molecule has 0 saturated heterocycles. The van der Waals surface area contributed by atoms with Gasteiger partial charge < -0.3 is 5.32 Å². The molecule has 0 saturated carbocycles. The Hall–Kier alpha value is -1.97. The molecular weight excluding hydrogens is 241 g/mol. The number of hydrogen-bond donors (Lipinski definition) is 1. The van der Waals surface area contributed by atoms with Crippen LogP contribution in [0.3, 0.4) is 0 Å². The van der Waals surface area contributed by atoms with Gasteiger partial charge in [0.25, 0.3) is 0 Å². The van der Waals surface area contributed by atoms with E-state index in [1.54, 1.807) is 12.1 Å². The van der Waals surface area contributed by atoms with E-state index in [1.807, 2.05) is 20.0 Å². The summed E-state index contributed by atoms with van der Waals surface area (Å²) >= 11 is 0. The van der Waals surface area contributed by atoms with Crippen molar-refractivity contribution in [2.45, 2.75) is 26.7 Å². The highest BCUT2D eigenvalue weighted by atomic mass is 19.1. The van der Waals surface area contributed by atoms with Gasteiger partial charge in [-0.15, -0.1) is 0 Å². The number of halogens is 1. The molecule has 0 radical (unpaired) electrons. The summed E-state index contributed by atoms with van der Waals surface area (Å²) in [6.07, 6.45) is 1.75. The second kappa shape index (κ2) is 5.78. The van der Waals surface area contributed by atoms with Crippen LogP contribution in [0.25, 0.3) is 11.3 Å². The molecule has 4 heteroatoms.